The Hall–Kier alpha value is 0.430. The second-order valence-electron chi connectivity index (χ2n) is 2.77. The van der Waals surface area contributed by atoms with Crippen molar-refractivity contribution in [2.45, 2.75) is 0 Å². The first-order valence-corrected chi connectivity index (χ1v) is 4.90. The van der Waals surface area contributed by atoms with E-state index in [1.165, 1.54) is 14.1 Å². The molecule has 2 N–H and O–H groups in total. The Morgan fingerprint density at radius 3 is 1.94 bits per heavy atom. The number of amides is 1. The molecule has 82 valence electrons. The van der Waals surface area contributed by atoms with Crippen LogP contribution in [-0.4, -0.2) is 109 Å². The molecule has 0 aromatic heterocycles. The fourth-order valence-electron chi connectivity index (χ4n) is 0.841. The maximum absolute atomic E-state index is 11.3. The molecule has 1 heterocycles. The molecular weight excluding hydrogens is 258 g/mol. The summed E-state index contributed by atoms with van der Waals surface area (Å²) in [6, 6.07) is 0. The summed E-state index contributed by atoms with van der Waals surface area (Å²) >= 11 is 0. The number of sulfonamides is 1. The van der Waals surface area contributed by atoms with Crippen LogP contribution in [0.1, 0.15) is 0 Å². The van der Waals surface area contributed by atoms with Crippen LogP contribution in [0, 0.1) is 0 Å². The minimum atomic E-state index is -4.25. The van der Waals surface area contributed by atoms with Crippen LogP contribution in [0.2, 0.25) is 0 Å². The van der Waals surface area contributed by atoms with Crippen LogP contribution in [0.15, 0.2) is 15.1 Å². The fraction of sp³-hybridized carbons (Fsp3) is 0.333. The van der Waals surface area contributed by atoms with E-state index in [0.29, 0.717) is 0 Å². The Morgan fingerprint density at radius 1 is 1.25 bits per heavy atom. The molecule has 16 heavy (non-hydrogen) atoms. The van der Waals surface area contributed by atoms with Gasteiger partial charge in [-0.2, -0.15) is 8.42 Å². The normalized spacial score (nSPS) is 17.0. The molecule has 0 aromatic carbocycles. The van der Waals surface area contributed by atoms with Gasteiger partial charge in [-0.15, -0.1) is 4.40 Å². The topological polar surface area (TPSA) is 107 Å². The quantitative estimate of drug-likeness (QED) is 0.527. The van der Waals surface area contributed by atoms with Gasteiger partial charge in [-0.3, -0.25) is 4.79 Å². The molecule has 0 radical (unpaired) electrons. The van der Waals surface area contributed by atoms with E-state index in [4.69, 9.17) is 10.2 Å². The predicted molar refractivity (Wildman–Crippen MR) is 61.6 cm³/mol. The van der Waals surface area contributed by atoms with Crippen molar-refractivity contribution in [1.82, 2.24) is 4.90 Å². The molecule has 0 aliphatic carbocycles. The fourth-order valence-corrected chi connectivity index (χ4v) is 1.99. The maximum atomic E-state index is 11.3. The Balaban J connectivity index is 0. The van der Waals surface area contributed by atoms with Gasteiger partial charge in [0.15, 0.2) is 0 Å². The number of carbonyl (C=O) groups excluding carboxylic acids is 1. The molecular formula is C6H10N2Na2O5S. The average Bonchev–Trinajstić information content (AvgIpc) is 2.20. The third-order valence-corrected chi connectivity index (χ3v) is 2.79. The summed E-state index contributed by atoms with van der Waals surface area (Å²) in [6.45, 7) is 0. The number of aliphatic hydroxyl groups excluding tert-OH is 2. The summed E-state index contributed by atoms with van der Waals surface area (Å²) in [5, 5.41) is 17.9. The van der Waals surface area contributed by atoms with Gasteiger partial charge in [0.2, 0.25) is 10.7 Å². The average molecular weight is 268 g/mol. The zero-order chi connectivity index (χ0) is 11.1. The number of hydrogen-bond acceptors (Lipinski definition) is 4. The number of carbonyl (C=O) groups is 1. The standard InChI is InChI=1S/C6H8N2O5S.2Na.2H/c1-8(2)6(11)4-3(9)5(10)7-14(4,12)13;;;;/h9H,1-2H3,(H,7,10);;;;. The molecule has 0 aromatic rings. The molecule has 1 rings (SSSR count). The van der Waals surface area contributed by atoms with Crippen molar-refractivity contribution in [1.29, 1.82) is 0 Å². The van der Waals surface area contributed by atoms with Gasteiger partial charge in [0.25, 0.3) is 21.8 Å². The first kappa shape index (κ1) is 18.8. The molecule has 0 spiro atoms. The van der Waals surface area contributed by atoms with Crippen molar-refractivity contribution >= 4 is 80.9 Å². The Kier molecular flexibility index (Phi) is 7.50. The number of likely N-dealkylation sites (N-methyl/N-ethyl adjacent to an activating group) is 1. The van der Waals surface area contributed by atoms with Crippen LogP contribution in [0.25, 0.3) is 0 Å². The van der Waals surface area contributed by atoms with Gasteiger partial charge in [-0.1, -0.05) is 0 Å². The Bertz CT molecular complexity index is 454. The molecule has 0 fully saturated rings. The number of nitrogens with zero attached hydrogens (tertiary/aromatic N) is 2. The van der Waals surface area contributed by atoms with Crippen molar-refractivity contribution in [2.75, 3.05) is 14.1 Å². The number of rotatable bonds is 1. The van der Waals surface area contributed by atoms with Crippen molar-refractivity contribution in [2.24, 2.45) is 4.40 Å². The van der Waals surface area contributed by atoms with Crippen LogP contribution < -0.4 is 0 Å². The third-order valence-electron chi connectivity index (χ3n) is 1.49. The first-order valence-electron chi connectivity index (χ1n) is 3.46. The third kappa shape index (κ3) is 3.46. The van der Waals surface area contributed by atoms with E-state index >= 15 is 0 Å². The molecule has 0 unspecified atom stereocenters. The van der Waals surface area contributed by atoms with E-state index < -0.39 is 32.5 Å². The van der Waals surface area contributed by atoms with Crippen LogP contribution >= 0.6 is 0 Å². The second-order valence-corrected chi connectivity index (χ2v) is 4.31. The zero-order valence-electron chi connectivity index (χ0n) is 7.42. The molecule has 1 aliphatic rings. The van der Waals surface area contributed by atoms with Gasteiger partial charge in [0, 0.05) is 14.1 Å². The SMILES string of the molecule is CN(C)C(=O)C1=C(O)C(O)=NS1(=O)=O.[NaH].[NaH]. The summed E-state index contributed by atoms with van der Waals surface area (Å²) in [6.07, 6.45) is 0. The van der Waals surface area contributed by atoms with Crippen molar-refractivity contribution in [3.8, 4) is 0 Å². The van der Waals surface area contributed by atoms with Gasteiger partial charge in [0.1, 0.15) is 0 Å². The van der Waals surface area contributed by atoms with Gasteiger partial charge in [0.05, 0.1) is 0 Å². The zero-order valence-corrected chi connectivity index (χ0v) is 8.24. The van der Waals surface area contributed by atoms with Crippen LogP contribution in [-0.2, 0) is 14.8 Å². The van der Waals surface area contributed by atoms with Crippen molar-refractivity contribution in [3.05, 3.63) is 10.7 Å². The van der Waals surface area contributed by atoms with Crippen LogP contribution in [0.3, 0.4) is 0 Å². The summed E-state index contributed by atoms with van der Waals surface area (Å²) in [7, 11) is -1.63. The van der Waals surface area contributed by atoms with E-state index in [1.54, 1.807) is 0 Å². The number of aliphatic hydroxyl groups is 2. The van der Waals surface area contributed by atoms with E-state index in [2.05, 4.69) is 4.40 Å². The molecule has 7 nitrogen and oxygen atoms in total. The van der Waals surface area contributed by atoms with E-state index in [-0.39, 0.29) is 59.1 Å². The van der Waals surface area contributed by atoms with Gasteiger partial charge >= 0.3 is 59.1 Å². The van der Waals surface area contributed by atoms with E-state index in [0.717, 1.165) is 4.90 Å². The van der Waals surface area contributed by atoms with Crippen molar-refractivity contribution < 1.29 is 23.4 Å². The predicted octanol–water partition coefficient (Wildman–Crippen LogP) is -2.15. The van der Waals surface area contributed by atoms with Crippen molar-refractivity contribution in [3.63, 3.8) is 0 Å². The van der Waals surface area contributed by atoms with E-state index in [9.17, 15) is 13.2 Å². The molecule has 1 aliphatic heterocycles. The van der Waals surface area contributed by atoms with Gasteiger partial charge in [-0.25, -0.2) is 0 Å². The summed E-state index contributed by atoms with van der Waals surface area (Å²) in [4.78, 5) is 11.3. The van der Waals surface area contributed by atoms with Crippen LogP contribution in [0.5, 0.6) is 0 Å². The van der Waals surface area contributed by atoms with Gasteiger partial charge in [-0.05, 0) is 0 Å². The van der Waals surface area contributed by atoms with E-state index in [1.807, 2.05) is 0 Å². The second kappa shape index (κ2) is 6.39. The summed E-state index contributed by atoms with van der Waals surface area (Å²) < 4.78 is 25.0. The molecule has 0 atom stereocenters. The molecule has 1 amide bonds. The summed E-state index contributed by atoms with van der Waals surface area (Å²) in [5.41, 5.74) is 0. The molecule has 0 saturated carbocycles. The minimum absolute atomic E-state index is 0. The first-order chi connectivity index (χ1) is 6.27. The Labute approximate surface area is 137 Å². The van der Waals surface area contributed by atoms with Crippen LogP contribution in [0.4, 0.5) is 0 Å². The molecule has 0 saturated heterocycles. The Morgan fingerprint density at radius 2 is 1.69 bits per heavy atom. The van der Waals surface area contributed by atoms with Gasteiger partial charge < -0.3 is 15.1 Å². The number of hydrogen-bond donors (Lipinski definition) is 2. The molecule has 0 bridgehead atoms. The monoisotopic (exact) mass is 268 g/mol. The summed E-state index contributed by atoms with van der Waals surface area (Å²) in [5.74, 6) is -3.01. The molecule has 10 heteroatoms.